The van der Waals surface area contributed by atoms with E-state index in [4.69, 9.17) is 9.47 Å². The van der Waals surface area contributed by atoms with Crippen molar-refractivity contribution in [2.45, 2.75) is 40.0 Å². The summed E-state index contributed by atoms with van der Waals surface area (Å²) in [7, 11) is 0. The molecule has 2 rings (SSSR count). The van der Waals surface area contributed by atoms with Crippen LogP contribution in [-0.4, -0.2) is 31.1 Å². The summed E-state index contributed by atoms with van der Waals surface area (Å²) < 4.78 is 9.99. The monoisotopic (exact) mass is 365 g/mol. The number of amides is 1. The molecule has 0 aromatic carbocycles. The predicted octanol–water partition coefficient (Wildman–Crippen LogP) is 3.11. The van der Waals surface area contributed by atoms with Crippen LogP contribution in [0.1, 0.15) is 48.0 Å². The molecule has 1 aliphatic carbocycles. The first-order valence-corrected chi connectivity index (χ1v) is 9.18. The zero-order valence-corrected chi connectivity index (χ0v) is 15.5. The van der Waals surface area contributed by atoms with Gasteiger partial charge in [-0.1, -0.05) is 13.0 Å². The average molecular weight is 365 g/mol. The zero-order chi connectivity index (χ0) is 18.4. The number of thiophene rings is 1. The van der Waals surface area contributed by atoms with Crippen LogP contribution in [0.3, 0.4) is 0 Å². The Kier molecular flexibility index (Phi) is 6.75. The third-order valence-corrected chi connectivity index (χ3v) is 5.06. The maximum absolute atomic E-state index is 12.4. The minimum atomic E-state index is -0.581. The summed E-state index contributed by atoms with van der Waals surface area (Å²) >= 11 is 1.41. The van der Waals surface area contributed by atoms with Crippen LogP contribution >= 0.6 is 11.3 Å². The van der Waals surface area contributed by atoms with Crippen molar-refractivity contribution in [3.8, 4) is 0 Å². The molecule has 1 aromatic rings. The number of hydrogen-bond acceptors (Lipinski definition) is 6. The second-order valence-corrected chi connectivity index (χ2v) is 7.04. The Morgan fingerprint density at radius 1 is 1.32 bits per heavy atom. The van der Waals surface area contributed by atoms with Gasteiger partial charge in [0, 0.05) is 11.0 Å². The third kappa shape index (κ3) is 4.92. The second-order valence-electron chi connectivity index (χ2n) is 5.93. The van der Waals surface area contributed by atoms with E-state index < -0.39 is 24.5 Å². The molecule has 6 nitrogen and oxygen atoms in total. The first kappa shape index (κ1) is 19.2. The van der Waals surface area contributed by atoms with E-state index in [0.29, 0.717) is 16.5 Å². The van der Waals surface area contributed by atoms with Crippen LogP contribution < -0.4 is 5.32 Å². The lowest BCUT2D eigenvalue weighted by Crippen LogP contribution is -2.21. The lowest BCUT2D eigenvalue weighted by Gasteiger charge is -2.18. The molecular formula is C18H23NO5S. The lowest BCUT2D eigenvalue weighted by atomic mass is 9.88. The standard InChI is InChI=1S/C18H23NO5S/c1-4-6-15(21)24-10-14(20)19-17-16(18(22)23-5-2)12-8-7-11(3)9-13(12)25-17/h4,6,11H,5,7-10H2,1-3H3,(H,19,20)/b6-4+/t11-/m1/s1. The van der Waals surface area contributed by atoms with Gasteiger partial charge in [0.15, 0.2) is 6.61 Å². The van der Waals surface area contributed by atoms with Crippen molar-refractivity contribution in [2.24, 2.45) is 5.92 Å². The van der Waals surface area contributed by atoms with Gasteiger partial charge >= 0.3 is 11.9 Å². The number of allylic oxidation sites excluding steroid dienone is 1. The molecule has 1 atom stereocenters. The smallest absolute Gasteiger partial charge is 0.341 e. The Balaban J connectivity index is 2.17. The van der Waals surface area contributed by atoms with Gasteiger partial charge in [-0.05, 0) is 44.6 Å². The van der Waals surface area contributed by atoms with Gasteiger partial charge < -0.3 is 14.8 Å². The normalized spacial score (nSPS) is 16.4. The molecular weight excluding hydrogens is 342 g/mol. The summed E-state index contributed by atoms with van der Waals surface area (Å²) in [4.78, 5) is 36.8. The van der Waals surface area contributed by atoms with Gasteiger partial charge in [-0.3, -0.25) is 4.79 Å². The van der Waals surface area contributed by atoms with Crippen molar-refractivity contribution in [1.82, 2.24) is 0 Å². The van der Waals surface area contributed by atoms with Crippen molar-refractivity contribution >= 4 is 34.2 Å². The van der Waals surface area contributed by atoms with Gasteiger partial charge in [0.2, 0.25) is 0 Å². The van der Waals surface area contributed by atoms with E-state index in [2.05, 4.69) is 12.2 Å². The molecule has 136 valence electrons. The minimum absolute atomic E-state index is 0.272. The summed E-state index contributed by atoms with van der Waals surface area (Å²) in [5.74, 6) is -0.931. The van der Waals surface area contributed by atoms with E-state index in [0.717, 1.165) is 29.7 Å². The van der Waals surface area contributed by atoms with Crippen LogP contribution in [0.2, 0.25) is 0 Å². The average Bonchev–Trinajstić information content (AvgIpc) is 2.90. The quantitative estimate of drug-likeness (QED) is 0.619. The highest BCUT2D eigenvalue weighted by atomic mass is 32.1. The van der Waals surface area contributed by atoms with Crippen molar-refractivity contribution in [3.63, 3.8) is 0 Å². The zero-order valence-electron chi connectivity index (χ0n) is 14.7. The Morgan fingerprint density at radius 3 is 2.76 bits per heavy atom. The molecule has 1 aliphatic rings. The fourth-order valence-electron chi connectivity index (χ4n) is 2.74. The predicted molar refractivity (Wildman–Crippen MR) is 95.9 cm³/mol. The number of ether oxygens (including phenoxy) is 2. The topological polar surface area (TPSA) is 81.7 Å². The second kappa shape index (κ2) is 8.80. The molecule has 0 spiro atoms. The lowest BCUT2D eigenvalue weighted by molar-refractivity contribution is -0.142. The Hall–Kier alpha value is -2.15. The van der Waals surface area contributed by atoms with Gasteiger partial charge in [0.1, 0.15) is 5.00 Å². The largest absolute Gasteiger partial charge is 0.462 e. The highest BCUT2D eigenvalue weighted by Crippen LogP contribution is 2.40. The SMILES string of the molecule is C/C=C/C(=O)OCC(=O)Nc1sc2c(c1C(=O)OCC)CC[C@@H](C)C2. The van der Waals surface area contributed by atoms with Crippen LogP contribution in [0.5, 0.6) is 0 Å². The summed E-state index contributed by atoms with van der Waals surface area (Å²) in [5.41, 5.74) is 1.42. The Morgan fingerprint density at radius 2 is 2.08 bits per heavy atom. The van der Waals surface area contributed by atoms with Gasteiger partial charge in [0.05, 0.1) is 12.2 Å². The van der Waals surface area contributed by atoms with Gasteiger partial charge in [-0.25, -0.2) is 9.59 Å². The third-order valence-electron chi connectivity index (χ3n) is 3.89. The van der Waals surface area contributed by atoms with Crippen LogP contribution in [0.15, 0.2) is 12.2 Å². The maximum atomic E-state index is 12.4. The number of carbonyl (C=O) groups excluding carboxylic acids is 3. The van der Waals surface area contributed by atoms with Gasteiger partial charge in [-0.15, -0.1) is 11.3 Å². The first-order valence-electron chi connectivity index (χ1n) is 8.37. The molecule has 0 bridgehead atoms. The molecule has 25 heavy (non-hydrogen) atoms. The van der Waals surface area contributed by atoms with Crippen LogP contribution in [0.4, 0.5) is 5.00 Å². The van der Waals surface area contributed by atoms with Crippen molar-refractivity contribution in [1.29, 1.82) is 0 Å². The van der Waals surface area contributed by atoms with Crippen molar-refractivity contribution < 1.29 is 23.9 Å². The highest BCUT2D eigenvalue weighted by molar-refractivity contribution is 7.17. The van der Waals surface area contributed by atoms with E-state index in [9.17, 15) is 14.4 Å². The number of hydrogen-bond donors (Lipinski definition) is 1. The molecule has 1 N–H and O–H groups in total. The molecule has 0 saturated heterocycles. The van der Waals surface area contributed by atoms with Crippen molar-refractivity contribution in [2.75, 3.05) is 18.5 Å². The minimum Gasteiger partial charge on any atom is -0.462 e. The van der Waals surface area contributed by atoms with E-state index in [1.807, 2.05) is 0 Å². The van der Waals surface area contributed by atoms with Crippen LogP contribution in [-0.2, 0) is 31.9 Å². The molecule has 1 heterocycles. The van der Waals surface area contributed by atoms with E-state index >= 15 is 0 Å². The summed E-state index contributed by atoms with van der Waals surface area (Å²) in [6, 6.07) is 0. The molecule has 1 amide bonds. The molecule has 1 aromatic heterocycles. The number of esters is 2. The molecule has 0 saturated carbocycles. The maximum Gasteiger partial charge on any atom is 0.341 e. The molecule has 0 aliphatic heterocycles. The summed E-state index contributed by atoms with van der Waals surface area (Å²) in [5, 5.41) is 3.17. The number of fused-ring (bicyclic) bond motifs is 1. The van der Waals surface area contributed by atoms with E-state index in [-0.39, 0.29) is 6.61 Å². The van der Waals surface area contributed by atoms with E-state index in [1.54, 1.807) is 13.8 Å². The number of nitrogens with one attached hydrogen (secondary N) is 1. The fourth-order valence-corrected chi connectivity index (χ4v) is 4.16. The Bertz CT molecular complexity index is 692. The summed E-state index contributed by atoms with van der Waals surface area (Å²) in [6.45, 7) is 5.48. The number of carbonyl (C=O) groups is 3. The molecule has 7 heteroatoms. The van der Waals surface area contributed by atoms with Crippen molar-refractivity contribution in [3.05, 3.63) is 28.2 Å². The first-order chi connectivity index (χ1) is 12.0. The molecule has 0 radical (unpaired) electrons. The molecule has 0 fully saturated rings. The van der Waals surface area contributed by atoms with Gasteiger partial charge in [-0.2, -0.15) is 0 Å². The van der Waals surface area contributed by atoms with Crippen LogP contribution in [0, 0.1) is 5.92 Å². The number of anilines is 1. The van der Waals surface area contributed by atoms with Crippen LogP contribution in [0.25, 0.3) is 0 Å². The van der Waals surface area contributed by atoms with E-state index in [1.165, 1.54) is 23.5 Å². The van der Waals surface area contributed by atoms with Gasteiger partial charge in [0.25, 0.3) is 5.91 Å². The summed E-state index contributed by atoms with van der Waals surface area (Å²) in [6.07, 6.45) is 5.46. The highest BCUT2D eigenvalue weighted by Gasteiger charge is 2.29. The molecule has 0 unspecified atom stereocenters. The Labute approximate surface area is 151 Å². The number of rotatable bonds is 6. The fraction of sp³-hybridized carbons (Fsp3) is 0.500.